The Bertz CT molecular complexity index is 432. The van der Waals surface area contributed by atoms with Crippen LogP contribution in [0.1, 0.15) is 0 Å². The van der Waals surface area contributed by atoms with Gasteiger partial charge in [0.15, 0.2) is 0 Å². The molecule has 15 heavy (non-hydrogen) atoms. The Morgan fingerprint density at radius 3 is 2.87 bits per heavy atom. The molecule has 2 aromatic rings. The molecule has 0 bridgehead atoms. The molecule has 0 spiro atoms. The summed E-state index contributed by atoms with van der Waals surface area (Å²) in [6.45, 7) is 0. The number of aromatic nitrogens is 2. The fourth-order valence-corrected chi connectivity index (χ4v) is 1.30. The number of rotatable bonds is 2. The second-order valence-electron chi connectivity index (χ2n) is 2.87. The van der Waals surface area contributed by atoms with Gasteiger partial charge in [0.2, 0.25) is 11.8 Å². The molecule has 0 aliphatic carbocycles. The summed E-state index contributed by atoms with van der Waals surface area (Å²) in [6.07, 6.45) is 1.47. The number of hydrogen-bond acceptors (Lipinski definition) is 4. The molecule has 0 radical (unpaired) electrons. The van der Waals surface area contributed by atoms with Gasteiger partial charge in [-0.05, 0) is 18.2 Å². The van der Waals surface area contributed by atoms with Crippen LogP contribution in [-0.4, -0.2) is 15.1 Å². The first-order chi connectivity index (χ1) is 7.24. The molecule has 0 saturated heterocycles. The average Bonchev–Trinajstić information content (AvgIpc) is 2.17. The van der Waals surface area contributed by atoms with Gasteiger partial charge in [0, 0.05) is 23.0 Å². The molecule has 0 fully saturated rings. The summed E-state index contributed by atoms with van der Waals surface area (Å²) in [4.78, 5) is 7.73. The Morgan fingerprint density at radius 2 is 2.13 bits per heavy atom. The topological polar surface area (TPSA) is 58.0 Å². The molecule has 2 rings (SSSR count). The van der Waals surface area contributed by atoms with Crippen LogP contribution in [0.5, 0.6) is 5.88 Å². The van der Waals surface area contributed by atoms with Crippen LogP contribution in [0.4, 0.5) is 11.6 Å². The largest absolute Gasteiger partial charge is 0.493 e. The summed E-state index contributed by atoms with van der Waals surface area (Å²) in [5.74, 6) is 0.256. The lowest BCUT2D eigenvalue weighted by molar-refractivity contribution is 0.453. The molecule has 1 aromatic heterocycles. The van der Waals surface area contributed by atoms with Crippen molar-refractivity contribution < 1.29 is 5.11 Å². The zero-order valence-electron chi connectivity index (χ0n) is 7.68. The van der Waals surface area contributed by atoms with Gasteiger partial charge in [0.1, 0.15) is 0 Å². The molecule has 5 heteroatoms. The van der Waals surface area contributed by atoms with Gasteiger partial charge >= 0.3 is 0 Å². The molecule has 0 atom stereocenters. The van der Waals surface area contributed by atoms with E-state index >= 15 is 0 Å². The maximum atomic E-state index is 9.13. The maximum Gasteiger partial charge on any atom is 0.230 e. The number of halogens is 1. The lowest BCUT2D eigenvalue weighted by Gasteiger charge is -2.04. The highest BCUT2D eigenvalue weighted by atomic mass is 35.5. The normalized spacial score (nSPS) is 9.93. The van der Waals surface area contributed by atoms with Gasteiger partial charge in [-0.15, -0.1) is 0 Å². The minimum absolute atomic E-state index is 0.0745. The monoisotopic (exact) mass is 221 g/mol. The molecule has 1 aromatic carbocycles. The predicted octanol–water partition coefficient (Wildman–Crippen LogP) is 2.58. The van der Waals surface area contributed by atoms with E-state index in [0.29, 0.717) is 11.0 Å². The Labute approximate surface area is 91.6 Å². The molecule has 4 nitrogen and oxygen atoms in total. The van der Waals surface area contributed by atoms with Gasteiger partial charge in [-0.25, -0.2) is 4.98 Å². The molecule has 0 aliphatic rings. The quantitative estimate of drug-likeness (QED) is 0.819. The smallest absolute Gasteiger partial charge is 0.230 e. The summed E-state index contributed by atoms with van der Waals surface area (Å²) in [5.41, 5.74) is 0.771. The van der Waals surface area contributed by atoms with Crippen molar-refractivity contribution in [1.29, 1.82) is 0 Å². The van der Waals surface area contributed by atoms with E-state index in [9.17, 15) is 0 Å². The van der Waals surface area contributed by atoms with Crippen LogP contribution in [-0.2, 0) is 0 Å². The highest BCUT2D eigenvalue weighted by molar-refractivity contribution is 6.30. The van der Waals surface area contributed by atoms with E-state index in [0.717, 1.165) is 5.69 Å². The number of aromatic hydroxyl groups is 1. The van der Waals surface area contributed by atoms with Crippen LogP contribution in [0.2, 0.25) is 5.02 Å². The summed E-state index contributed by atoms with van der Waals surface area (Å²) >= 11 is 5.81. The Hall–Kier alpha value is -1.81. The molecule has 0 amide bonds. The Morgan fingerprint density at radius 1 is 1.27 bits per heavy atom. The molecule has 2 N–H and O–H groups in total. The van der Waals surface area contributed by atoms with E-state index in [1.807, 2.05) is 12.1 Å². The molecule has 0 saturated carbocycles. The first kappa shape index (κ1) is 9.73. The van der Waals surface area contributed by atoms with E-state index < -0.39 is 0 Å². The number of anilines is 2. The van der Waals surface area contributed by atoms with Crippen molar-refractivity contribution in [1.82, 2.24) is 9.97 Å². The summed E-state index contributed by atoms with van der Waals surface area (Å²) in [7, 11) is 0. The van der Waals surface area contributed by atoms with Crippen LogP contribution in [0.25, 0.3) is 0 Å². The standard InChI is InChI=1S/C10H8ClN3O/c11-7-2-1-3-8(6-7)13-10-12-5-4-9(15)14-10/h1-6H,(H2,12,13,14,15). The van der Waals surface area contributed by atoms with E-state index in [1.165, 1.54) is 12.3 Å². The van der Waals surface area contributed by atoms with E-state index in [4.69, 9.17) is 16.7 Å². The second kappa shape index (κ2) is 4.14. The number of benzene rings is 1. The zero-order valence-corrected chi connectivity index (χ0v) is 8.44. The second-order valence-corrected chi connectivity index (χ2v) is 3.31. The van der Waals surface area contributed by atoms with Gasteiger partial charge in [-0.3, -0.25) is 0 Å². The van der Waals surface area contributed by atoms with Crippen molar-refractivity contribution in [3.05, 3.63) is 41.6 Å². The molecule has 1 heterocycles. The van der Waals surface area contributed by atoms with E-state index in [-0.39, 0.29) is 5.88 Å². The molecule has 0 aliphatic heterocycles. The summed E-state index contributed by atoms with van der Waals surface area (Å²) < 4.78 is 0. The molecular weight excluding hydrogens is 214 g/mol. The van der Waals surface area contributed by atoms with Crippen molar-refractivity contribution >= 4 is 23.2 Å². The first-order valence-electron chi connectivity index (χ1n) is 4.28. The van der Waals surface area contributed by atoms with E-state index in [1.54, 1.807) is 12.1 Å². The van der Waals surface area contributed by atoms with Crippen molar-refractivity contribution in [3.63, 3.8) is 0 Å². The highest BCUT2D eigenvalue weighted by Gasteiger charge is 1.98. The van der Waals surface area contributed by atoms with Crippen LogP contribution in [0.3, 0.4) is 0 Å². The van der Waals surface area contributed by atoms with Crippen LogP contribution >= 0.6 is 11.6 Å². The molecular formula is C10H8ClN3O. The fraction of sp³-hybridized carbons (Fsp3) is 0. The highest BCUT2D eigenvalue weighted by Crippen LogP contribution is 2.18. The third-order valence-corrected chi connectivity index (χ3v) is 1.96. The predicted molar refractivity (Wildman–Crippen MR) is 58.4 cm³/mol. The minimum atomic E-state index is -0.0745. The average molecular weight is 222 g/mol. The van der Waals surface area contributed by atoms with Gasteiger partial charge in [-0.1, -0.05) is 17.7 Å². The van der Waals surface area contributed by atoms with Crippen molar-refractivity contribution in [2.75, 3.05) is 5.32 Å². The maximum absolute atomic E-state index is 9.13. The number of hydrogen-bond donors (Lipinski definition) is 2. The van der Waals surface area contributed by atoms with Crippen molar-refractivity contribution in [2.45, 2.75) is 0 Å². The van der Waals surface area contributed by atoms with Crippen LogP contribution in [0, 0.1) is 0 Å². The third kappa shape index (κ3) is 2.57. The molecule has 76 valence electrons. The van der Waals surface area contributed by atoms with Crippen molar-refractivity contribution in [2.24, 2.45) is 0 Å². The fourth-order valence-electron chi connectivity index (χ4n) is 1.10. The van der Waals surface area contributed by atoms with Gasteiger partial charge in [0.25, 0.3) is 0 Å². The van der Waals surface area contributed by atoms with Crippen LogP contribution in [0.15, 0.2) is 36.5 Å². The summed E-state index contributed by atoms with van der Waals surface area (Å²) in [5, 5.41) is 12.7. The number of nitrogens with zero attached hydrogens (tertiary/aromatic N) is 2. The lowest BCUT2D eigenvalue weighted by atomic mass is 10.3. The van der Waals surface area contributed by atoms with Gasteiger partial charge in [0.05, 0.1) is 0 Å². The van der Waals surface area contributed by atoms with E-state index in [2.05, 4.69) is 15.3 Å². The zero-order chi connectivity index (χ0) is 10.7. The third-order valence-electron chi connectivity index (χ3n) is 1.72. The Kier molecular flexibility index (Phi) is 2.69. The lowest BCUT2D eigenvalue weighted by Crippen LogP contribution is -1.95. The minimum Gasteiger partial charge on any atom is -0.493 e. The number of nitrogens with one attached hydrogen (secondary N) is 1. The molecule has 0 unspecified atom stereocenters. The van der Waals surface area contributed by atoms with Crippen molar-refractivity contribution in [3.8, 4) is 5.88 Å². The summed E-state index contributed by atoms with van der Waals surface area (Å²) in [6, 6.07) is 8.57. The van der Waals surface area contributed by atoms with Gasteiger partial charge < -0.3 is 10.4 Å². The Balaban J connectivity index is 2.22. The van der Waals surface area contributed by atoms with Crippen LogP contribution < -0.4 is 5.32 Å². The van der Waals surface area contributed by atoms with Gasteiger partial charge in [-0.2, -0.15) is 4.98 Å². The first-order valence-corrected chi connectivity index (χ1v) is 4.66. The SMILES string of the molecule is Oc1ccnc(Nc2cccc(Cl)c2)n1.